The van der Waals surface area contributed by atoms with Crippen LogP contribution < -0.4 is 5.32 Å². The Labute approximate surface area is 109 Å². The van der Waals surface area contributed by atoms with Crippen molar-refractivity contribution in [2.24, 2.45) is 0 Å². The van der Waals surface area contributed by atoms with Crippen LogP contribution in [-0.2, 0) is 13.1 Å². The molecule has 2 rings (SSSR count). The molecule has 1 aromatic heterocycles. The van der Waals surface area contributed by atoms with Crippen LogP contribution in [0.15, 0.2) is 36.7 Å². The van der Waals surface area contributed by atoms with Gasteiger partial charge in [0.25, 0.3) is 5.69 Å². The van der Waals surface area contributed by atoms with E-state index in [-0.39, 0.29) is 5.69 Å². The number of aromatic nitrogens is 1. The number of aryl methyl sites for hydroxylation is 1. The van der Waals surface area contributed by atoms with Crippen LogP contribution in [0.5, 0.6) is 0 Å². The van der Waals surface area contributed by atoms with Crippen LogP contribution in [0.1, 0.15) is 12.5 Å². The second kappa shape index (κ2) is 5.51. The maximum absolute atomic E-state index is 13.0. The molecule has 0 aliphatic heterocycles. The summed E-state index contributed by atoms with van der Waals surface area (Å²) in [6.45, 7) is 3.36. The van der Waals surface area contributed by atoms with E-state index in [2.05, 4.69) is 5.32 Å². The molecule has 0 bridgehead atoms. The van der Waals surface area contributed by atoms with E-state index in [0.29, 0.717) is 12.2 Å². The van der Waals surface area contributed by atoms with Crippen molar-refractivity contribution in [3.05, 3.63) is 58.2 Å². The van der Waals surface area contributed by atoms with Gasteiger partial charge >= 0.3 is 0 Å². The number of nitrogens with one attached hydrogen (secondary N) is 1. The first-order chi connectivity index (χ1) is 9.10. The lowest BCUT2D eigenvalue weighted by molar-refractivity contribution is -0.384. The van der Waals surface area contributed by atoms with Gasteiger partial charge in [-0.05, 0) is 30.7 Å². The summed E-state index contributed by atoms with van der Waals surface area (Å²) in [4.78, 5) is 10.2. The van der Waals surface area contributed by atoms with Gasteiger partial charge in [0.1, 0.15) is 11.5 Å². The van der Waals surface area contributed by atoms with Crippen molar-refractivity contribution in [1.29, 1.82) is 0 Å². The van der Waals surface area contributed by atoms with Crippen molar-refractivity contribution < 1.29 is 9.31 Å². The Balaban J connectivity index is 2.12. The monoisotopic (exact) mass is 263 g/mol. The summed E-state index contributed by atoms with van der Waals surface area (Å²) in [7, 11) is 0. The van der Waals surface area contributed by atoms with Crippen molar-refractivity contribution in [1.82, 2.24) is 4.57 Å². The highest BCUT2D eigenvalue weighted by Gasteiger charge is 2.14. The van der Waals surface area contributed by atoms with Crippen LogP contribution in [0.25, 0.3) is 0 Å². The van der Waals surface area contributed by atoms with E-state index in [0.717, 1.165) is 18.2 Å². The number of benzene rings is 1. The van der Waals surface area contributed by atoms with Gasteiger partial charge in [0.15, 0.2) is 0 Å². The minimum absolute atomic E-state index is 0.255. The molecule has 0 atom stereocenters. The highest BCUT2D eigenvalue weighted by molar-refractivity contribution is 5.61. The lowest BCUT2D eigenvalue weighted by atomic mass is 10.2. The smallest absolute Gasteiger partial charge is 0.295 e. The molecule has 0 saturated heterocycles. The van der Waals surface area contributed by atoms with Crippen molar-refractivity contribution in [3.63, 3.8) is 0 Å². The van der Waals surface area contributed by atoms with Gasteiger partial charge in [-0.1, -0.05) is 0 Å². The zero-order chi connectivity index (χ0) is 13.8. The molecule has 0 amide bonds. The Kier molecular flexibility index (Phi) is 3.79. The standard InChI is InChI=1S/C13H14FN3O2/c1-2-16-6-5-10(9-16)8-15-12-4-3-11(14)7-13(12)17(18)19/h3-7,9,15H,2,8H2,1H3. The van der Waals surface area contributed by atoms with Gasteiger partial charge in [-0.3, -0.25) is 10.1 Å². The van der Waals surface area contributed by atoms with Crippen molar-refractivity contribution in [2.45, 2.75) is 20.0 Å². The van der Waals surface area contributed by atoms with Crippen LogP contribution in [0.3, 0.4) is 0 Å². The van der Waals surface area contributed by atoms with Crippen molar-refractivity contribution >= 4 is 11.4 Å². The van der Waals surface area contributed by atoms with Gasteiger partial charge < -0.3 is 9.88 Å². The maximum Gasteiger partial charge on any atom is 0.295 e. The molecular formula is C13H14FN3O2. The summed E-state index contributed by atoms with van der Waals surface area (Å²) in [5.41, 5.74) is 1.08. The minimum Gasteiger partial charge on any atom is -0.375 e. The Bertz CT molecular complexity index is 595. The molecule has 2 aromatic rings. The number of nitro groups is 1. The number of anilines is 1. The fraction of sp³-hybridized carbons (Fsp3) is 0.231. The van der Waals surface area contributed by atoms with E-state index in [1.165, 1.54) is 12.1 Å². The summed E-state index contributed by atoms with van der Waals surface area (Å²) in [6.07, 6.45) is 3.90. The molecule has 0 fully saturated rings. The lowest BCUT2D eigenvalue weighted by Crippen LogP contribution is -2.02. The second-order valence-corrected chi connectivity index (χ2v) is 4.12. The quantitative estimate of drug-likeness (QED) is 0.665. The molecule has 5 nitrogen and oxygen atoms in total. The summed E-state index contributed by atoms with van der Waals surface area (Å²) in [6, 6.07) is 5.43. The number of rotatable bonds is 5. The maximum atomic E-state index is 13.0. The molecule has 0 aliphatic carbocycles. The third-order valence-electron chi connectivity index (χ3n) is 2.82. The van der Waals surface area contributed by atoms with Gasteiger partial charge in [0, 0.05) is 25.5 Å². The Morgan fingerprint density at radius 3 is 2.84 bits per heavy atom. The Morgan fingerprint density at radius 1 is 1.42 bits per heavy atom. The SMILES string of the molecule is CCn1ccc(CNc2ccc(F)cc2[N+](=O)[O-])c1. The summed E-state index contributed by atoms with van der Waals surface area (Å²) >= 11 is 0. The van der Waals surface area contributed by atoms with E-state index in [1.807, 2.05) is 30.0 Å². The normalized spacial score (nSPS) is 10.4. The second-order valence-electron chi connectivity index (χ2n) is 4.12. The number of halogens is 1. The topological polar surface area (TPSA) is 60.1 Å². The molecule has 0 spiro atoms. The molecule has 0 radical (unpaired) electrons. The van der Waals surface area contributed by atoms with Gasteiger partial charge in [0.2, 0.25) is 0 Å². The summed E-state index contributed by atoms with van der Waals surface area (Å²) < 4.78 is 15.0. The average Bonchev–Trinajstić information content (AvgIpc) is 2.85. The fourth-order valence-electron chi connectivity index (χ4n) is 1.79. The first-order valence-corrected chi connectivity index (χ1v) is 5.92. The molecular weight excluding hydrogens is 249 g/mol. The number of nitro benzene ring substituents is 1. The van der Waals surface area contributed by atoms with Crippen molar-refractivity contribution in [2.75, 3.05) is 5.32 Å². The first kappa shape index (κ1) is 13.1. The number of nitrogens with zero attached hydrogens (tertiary/aromatic N) is 2. The number of hydrogen-bond acceptors (Lipinski definition) is 3. The lowest BCUT2D eigenvalue weighted by Gasteiger charge is -2.06. The third kappa shape index (κ3) is 3.09. The molecule has 0 aliphatic rings. The Morgan fingerprint density at radius 2 is 2.21 bits per heavy atom. The predicted octanol–water partition coefficient (Wildman–Crippen LogP) is 3.17. The van der Waals surface area contributed by atoms with E-state index >= 15 is 0 Å². The summed E-state index contributed by atoms with van der Waals surface area (Å²) in [5.74, 6) is -0.616. The zero-order valence-corrected chi connectivity index (χ0v) is 10.5. The number of hydrogen-bond donors (Lipinski definition) is 1. The summed E-state index contributed by atoms with van der Waals surface area (Å²) in [5, 5.41) is 13.8. The van der Waals surface area contributed by atoms with Gasteiger partial charge in [0.05, 0.1) is 11.0 Å². The largest absolute Gasteiger partial charge is 0.375 e. The van der Waals surface area contributed by atoms with Gasteiger partial charge in [-0.25, -0.2) is 4.39 Å². The predicted molar refractivity (Wildman–Crippen MR) is 70.5 cm³/mol. The van der Waals surface area contributed by atoms with E-state index in [1.54, 1.807) is 0 Å². The molecule has 1 N–H and O–H groups in total. The highest BCUT2D eigenvalue weighted by Crippen LogP contribution is 2.25. The van der Waals surface area contributed by atoms with Crippen LogP contribution >= 0.6 is 0 Å². The van der Waals surface area contributed by atoms with Crippen LogP contribution in [0.4, 0.5) is 15.8 Å². The van der Waals surface area contributed by atoms with E-state index in [9.17, 15) is 14.5 Å². The van der Waals surface area contributed by atoms with Crippen LogP contribution in [0.2, 0.25) is 0 Å². The molecule has 100 valence electrons. The molecule has 1 aromatic carbocycles. The highest BCUT2D eigenvalue weighted by atomic mass is 19.1. The fourth-order valence-corrected chi connectivity index (χ4v) is 1.79. The van der Waals surface area contributed by atoms with Gasteiger partial charge in [-0.2, -0.15) is 0 Å². The third-order valence-corrected chi connectivity index (χ3v) is 2.82. The minimum atomic E-state index is -0.616. The average molecular weight is 263 g/mol. The molecule has 19 heavy (non-hydrogen) atoms. The van der Waals surface area contributed by atoms with E-state index < -0.39 is 10.7 Å². The molecule has 6 heteroatoms. The van der Waals surface area contributed by atoms with E-state index in [4.69, 9.17) is 0 Å². The van der Waals surface area contributed by atoms with Crippen LogP contribution in [-0.4, -0.2) is 9.49 Å². The van der Waals surface area contributed by atoms with Gasteiger partial charge in [-0.15, -0.1) is 0 Å². The zero-order valence-electron chi connectivity index (χ0n) is 10.5. The van der Waals surface area contributed by atoms with Crippen LogP contribution in [0, 0.1) is 15.9 Å². The molecule has 1 heterocycles. The van der Waals surface area contributed by atoms with Crippen molar-refractivity contribution in [3.8, 4) is 0 Å². The molecule has 0 unspecified atom stereocenters. The first-order valence-electron chi connectivity index (χ1n) is 5.92. The Hall–Kier alpha value is -2.37. The molecule has 0 saturated carbocycles.